The Morgan fingerprint density at radius 1 is 1.03 bits per heavy atom. The molecule has 2 amide bonds. The number of benzene rings is 2. The van der Waals surface area contributed by atoms with Gasteiger partial charge < -0.3 is 24.8 Å². The molecule has 2 aromatic carbocycles. The van der Waals surface area contributed by atoms with Crippen LogP contribution in [0.25, 0.3) is 0 Å². The first-order valence-corrected chi connectivity index (χ1v) is 11.7. The second-order valence-corrected chi connectivity index (χ2v) is 8.03. The molecule has 0 aliphatic carbocycles. The Bertz CT molecular complexity index is 1270. The van der Waals surface area contributed by atoms with Gasteiger partial charge in [0, 0.05) is 6.54 Å². The molecule has 0 spiro atoms. The number of carbonyl (C=O) groups is 2. The lowest BCUT2D eigenvalue weighted by molar-refractivity contribution is 0.0934. The highest BCUT2D eigenvalue weighted by molar-refractivity contribution is 5.98. The van der Waals surface area contributed by atoms with E-state index in [4.69, 9.17) is 14.2 Å². The molecule has 1 aromatic heterocycles. The Kier molecular flexibility index (Phi) is 9.43. The van der Waals surface area contributed by atoms with Gasteiger partial charge in [-0.15, -0.1) is 5.10 Å². The molecule has 0 radical (unpaired) electrons. The zero-order valence-electron chi connectivity index (χ0n) is 21.3. The summed E-state index contributed by atoms with van der Waals surface area (Å²) < 4.78 is 17.3. The first-order chi connectivity index (χ1) is 17.9. The number of nitrogens with one attached hydrogen (secondary N) is 2. The summed E-state index contributed by atoms with van der Waals surface area (Å²) in [5.41, 5.74) is 2.21. The van der Waals surface area contributed by atoms with Gasteiger partial charge >= 0.3 is 0 Å². The number of rotatable bonds is 12. The average molecular weight is 507 g/mol. The monoisotopic (exact) mass is 506 g/mol. The molecule has 1 atom stereocenters. The van der Waals surface area contributed by atoms with Gasteiger partial charge in [0.2, 0.25) is 5.75 Å². The van der Waals surface area contributed by atoms with Crippen LogP contribution in [0.1, 0.15) is 51.4 Å². The van der Waals surface area contributed by atoms with Crippen molar-refractivity contribution in [2.75, 3.05) is 27.9 Å². The van der Waals surface area contributed by atoms with Gasteiger partial charge in [0.25, 0.3) is 11.8 Å². The molecule has 11 heteroatoms. The van der Waals surface area contributed by atoms with Gasteiger partial charge in [-0.2, -0.15) is 5.26 Å². The third kappa shape index (κ3) is 6.55. The zero-order chi connectivity index (χ0) is 26.8. The van der Waals surface area contributed by atoms with E-state index >= 15 is 0 Å². The summed E-state index contributed by atoms with van der Waals surface area (Å²) in [4.78, 5) is 25.4. The number of hydrogen-bond donors (Lipinski definition) is 2. The maximum atomic E-state index is 12.7. The Hall–Kier alpha value is -4.59. The molecular formula is C26H30N6O5. The van der Waals surface area contributed by atoms with Crippen LogP contribution < -0.4 is 24.8 Å². The highest BCUT2D eigenvalue weighted by Gasteiger charge is 2.21. The van der Waals surface area contributed by atoms with Crippen molar-refractivity contribution in [1.82, 2.24) is 25.6 Å². The number of amides is 2. The van der Waals surface area contributed by atoms with Gasteiger partial charge in [-0.25, -0.2) is 4.68 Å². The smallest absolute Gasteiger partial charge is 0.274 e. The molecule has 0 fully saturated rings. The number of nitrogens with zero attached hydrogens (tertiary/aromatic N) is 4. The minimum absolute atomic E-state index is 0.0655. The molecular weight excluding hydrogens is 476 g/mol. The van der Waals surface area contributed by atoms with Crippen molar-refractivity contribution in [3.8, 4) is 23.3 Å². The molecule has 194 valence electrons. The van der Waals surface area contributed by atoms with Crippen LogP contribution >= 0.6 is 0 Å². The average Bonchev–Trinajstić information content (AvgIpc) is 3.40. The maximum absolute atomic E-state index is 12.7. The van der Waals surface area contributed by atoms with Crippen LogP contribution in [0, 0.1) is 11.3 Å². The largest absolute Gasteiger partial charge is 0.493 e. The highest BCUT2D eigenvalue weighted by atomic mass is 16.5. The van der Waals surface area contributed by atoms with Gasteiger partial charge in [-0.05, 0) is 29.7 Å². The molecule has 11 nitrogen and oxygen atoms in total. The number of aromatic nitrogens is 3. The van der Waals surface area contributed by atoms with Crippen LogP contribution in [0.5, 0.6) is 17.2 Å². The lowest BCUT2D eigenvalue weighted by Gasteiger charge is -2.15. The number of methoxy groups -OCH3 is 3. The SMILES string of the molecule is CCCc1ccc(C(C#N)NC(=O)c2cn(CCNC(=O)c3ccc(OC)c(OC)c3OC)nn2)cc1. The van der Waals surface area contributed by atoms with Gasteiger partial charge in [-0.3, -0.25) is 9.59 Å². The molecule has 0 saturated carbocycles. The van der Waals surface area contributed by atoms with E-state index in [1.54, 1.807) is 12.1 Å². The molecule has 1 unspecified atom stereocenters. The highest BCUT2D eigenvalue weighted by Crippen LogP contribution is 2.39. The van der Waals surface area contributed by atoms with Crippen LogP contribution in [-0.2, 0) is 13.0 Å². The van der Waals surface area contributed by atoms with Crippen LogP contribution in [0.2, 0.25) is 0 Å². The quantitative estimate of drug-likeness (QED) is 0.382. The minimum atomic E-state index is -0.816. The summed E-state index contributed by atoms with van der Waals surface area (Å²) >= 11 is 0. The second kappa shape index (κ2) is 12.9. The lowest BCUT2D eigenvalue weighted by atomic mass is 10.0. The molecule has 0 bridgehead atoms. The Balaban J connectivity index is 1.58. The van der Waals surface area contributed by atoms with Gasteiger partial charge in [-0.1, -0.05) is 42.8 Å². The van der Waals surface area contributed by atoms with Crippen molar-refractivity contribution in [3.05, 3.63) is 65.0 Å². The van der Waals surface area contributed by atoms with Crippen molar-refractivity contribution >= 4 is 11.8 Å². The van der Waals surface area contributed by atoms with Crippen LogP contribution in [-0.4, -0.2) is 54.7 Å². The zero-order valence-corrected chi connectivity index (χ0v) is 21.3. The number of nitriles is 1. The number of ether oxygens (including phenoxy) is 3. The van der Waals surface area contributed by atoms with Gasteiger partial charge in [0.1, 0.15) is 6.04 Å². The molecule has 2 N–H and O–H groups in total. The van der Waals surface area contributed by atoms with E-state index in [-0.39, 0.29) is 36.0 Å². The van der Waals surface area contributed by atoms with E-state index in [1.165, 1.54) is 37.8 Å². The fraction of sp³-hybridized carbons (Fsp3) is 0.346. The third-order valence-electron chi connectivity index (χ3n) is 5.60. The Morgan fingerprint density at radius 3 is 2.38 bits per heavy atom. The maximum Gasteiger partial charge on any atom is 0.274 e. The van der Waals surface area contributed by atoms with Crippen molar-refractivity contribution < 1.29 is 23.8 Å². The fourth-order valence-corrected chi connectivity index (χ4v) is 3.73. The summed E-state index contributed by atoms with van der Waals surface area (Å²) in [6, 6.07) is 12.1. The second-order valence-electron chi connectivity index (χ2n) is 8.03. The van der Waals surface area contributed by atoms with Crippen LogP contribution in [0.15, 0.2) is 42.6 Å². The molecule has 3 rings (SSSR count). The first-order valence-electron chi connectivity index (χ1n) is 11.7. The summed E-state index contributed by atoms with van der Waals surface area (Å²) in [7, 11) is 4.39. The number of carbonyl (C=O) groups excluding carboxylic acids is 2. The normalized spacial score (nSPS) is 11.2. The summed E-state index contributed by atoms with van der Waals surface area (Å²) in [5, 5.41) is 22.8. The van der Waals surface area contributed by atoms with E-state index in [2.05, 4.69) is 33.9 Å². The molecule has 0 saturated heterocycles. The summed E-state index contributed by atoms with van der Waals surface area (Å²) in [6.45, 7) is 2.58. The molecule has 37 heavy (non-hydrogen) atoms. The van der Waals surface area contributed by atoms with Gasteiger partial charge in [0.15, 0.2) is 17.2 Å². The van der Waals surface area contributed by atoms with Crippen LogP contribution in [0.4, 0.5) is 0 Å². The third-order valence-corrected chi connectivity index (χ3v) is 5.60. The number of aryl methyl sites for hydroxylation is 1. The molecule has 0 aliphatic heterocycles. The Labute approximate surface area is 215 Å². The van der Waals surface area contributed by atoms with Gasteiger partial charge in [0.05, 0.1) is 45.7 Å². The van der Waals surface area contributed by atoms with E-state index in [0.717, 1.165) is 12.8 Å². The van der Waals surface area contributed by atoms with Crippen molar-refractivity contribution in [3.63, 3.8) is 0 Å². The predicted octanol–water partition coefficient (Wildman–Crippen LogP) is 2.68. The molecule has 0 aliphatic rings. The standard InChI is InChI=1S/C26H30N6O5/c1-5-6-17-7-9-18(10-8-17)20(15-27)29-26(34)21-16-32(31-30-21)14-13-28-25(33)19-11-12-22(35-2)24(37-4)23(19)36-3/h7-12,16,20H,5-6,13-14H2,1-4H3,(H,28,33)(H,29,34). The predicted molar refractivity (Wildman–Crippen MR) is 135 cm³/mol. The summed E-state index contributed by atoms with van der Waals surface area (Å²) in [6.07, 6.45) is 3.44. The van der Waals surface area contributed by atoms with E-state index in [9.17, 15) is 14.9 Å². The molecule has 3 aromatic rings. The molecule has 1 heterocycles. The topological polar surface area (TPSA) is 140 Å². The van der Waals surface area contributed by atoms with Crippen molar-refractivity contribution in [2.45, 2.75) is 32.4 Å². The first kappa shape index (κ1) is 27.0. The minimum Gasteiger partial charge on any atom is -0.493 e. The van der Waals surface area contributed by atoms with E-state index in [1.807, 2.05) is 24.3 Å². The van der Waals surface area contributed by atoms with Crippen molar-refractivity contribution in [2.24, 2.45) is 0 Å². The van der Waals surface area contributed by atoms with Crippen molar-refractivity contribution in [1.29, 1.82) is 5.26 Å². The Morgan fingerprint density at radius 2 is 1.76 bits per heavy atom. The summed E-state index contributed by atoms with van der Waals surface area (Å²) in [5.74, 6) is 0.118. The fourth-order valence-electron chi connectivity index (χ4n) is 3.73. The lowest BCUT2D eigenvalue weighted by Crippen LogP contribution is -2.28. The van der Waals surface area contributed by atoms with Crippen LogP contribution in [0.3, 0.4) is 0 Å². The van der Waals surface area contributed by atoms with E-state index in [0.29, 0.717) is 17.1 Å². The van der Waals surface area contributed by atoms with E-state index < -0.39 is 11.9 Å². The number of hydrogen-bond acceptors (Lipinski definition) is 8.